The van der Waals surface area contributed by atoms with Crippen molar-refractivity contribution in [3.8, 4) is 0 Å². The molecule has 5 heteroatoms. The molecule has 0 unspecified atom stereocenters. The third-order valence-electron chi connectivity index (χ3n) is 4.65. The van der Waals surface area contributed by atoms with Gasteiger partial charge in [0, 0.05) is 0 Å². The summed E-state index contributed by atoms with van der Waals surface area (Å²) >= 11 is 0. The van der Waals surface area contributed by atoms with Gasteiger partial charge in [0.1, 0.15) is 39.3 Å². The fourth-order valence-corrected chi connectivity index (χ4v) is 3.25. The van der Waals surface area contributed by atoms with Crippen LogP contribution in [0.4, 0.5) is 0 Å². The van der Waals surface area contributed by atoms with Gasteiger partial charge in [0.15, 0.2) is 6.54 Å². The van der Waals surface area contributed by atoms with Crippen LogP contribution in [0.5, 0.6) is 0 Å². The molecule has 0 aliphatic carbocycles. The molecule has 3 aliphatic heterocycles. The van der Waals surface area contributed by atoms with Crippen LogP contribution in [0.1, 0.15) is 13.8 Å². The SMILES string of the molecule is CC(C)[N+]12CC[N+](CC(N)=O)(CC1)CC2.Cl. The number of hydrogen-bond donors (Lipinski definition) is 1. The molecular formula is C11H24ClN3O+2. The normalized spacial score (nSPS) is 37.2. The van der Waals surface area contributed by atoms with E-state index in [2.05, 4.69) is 13.8 Å². The van der Waals surface area contributed by atoms with Gasteiger partial charge >= 0.3 is 0 Å². The fraction of sp³-hybridized carbons (Fsp3) is 0.909. The highest BCUT2D eigenvalue weighted by atomic mass is 35.5. The predicted octanol–water partition coefficient (Wildman–Crippen LogP) is -0.0373. The Morgan fingerprint density at radius 1 is 1.12 bits per heavy atom. The first-order valence-electron chi connectivity index (χ1n) is 5.97. The minimum absolute atomic E-state index is 0. The van der Waals surface area contributed by atoms with Gasteiger partial charge in [-0.2, -0.15) is 0 Å². The summed E-state index contributed by atoms with van der Waals surface area (Å²) < 4.78 is 2.22. The molecule has 3 saturated heterocycles. The third kappa shape index (κ3) is 2.19. The maximum atomic E-state index is 11.1. The molecule has 0 spiro atoms. The first kappa shape index (κ1) is 13.7. The van der Waals surface area contributed by atoms with E-state index in [0.29, 0.717) is 6.54 Å². The van der Waals surface area contributed by atoms with E-state index in [4.69, 9.17) is 5.73 Å². The number of rotatable bonds is 3. The van der Waals surface area contributed by atoms with Crippen molar-refractivity contribution in [1.82, 2.24) is 0 Å². The van der Waals surface area contributed by atoms with E-state index in [1.54, 1.807) is 0 Å². The topological polar surface area (TPSA) is 43.1 Å². The number of nitrogens with two attached hydrogens (primary N) is 1. The lowest BCUT2D eigenvalue weighted by molar-refractivity contribution is -1.09. The van der Waals surface area contributed by atoms with Gasteiger partial charge in [0.2, 0.25) is 0 Å². The van der Waals surface area contributed by atoms with E-state index >= 15 is 0 Å². The van der Waals surface area contributed by atoms with Crippen molar-refractivity contribution >= 4 is 18.3 Å². The van der Waals surface area contributed by atoms with E-state index in [-0.39, 0.29) is 18.3 Å². The van der Waals surface area contributed by atoms with Gasteiger partial charge in [-0.25, -0.2) is 0 Å². The maximum absolute atomic E-state index is 11.1. The molecule has 3 rings (SSSR count). The highest BCUT2D eigenvalue weighted by Gasteiger charge is 2.50. The summed E-state index contributed by atoms with van der Waals surface area (Å²) in [6.07, 6.45) is 0. The number of piperazine rings is 3. The van der Waals surface area contributed by atoms with Gasteiger partial charge in [-0.15, -0.1) is 12.4 Å². The Bertz CT molecular complexity index is 256. The molecule has 2 bridgehead atoms. The summed E-state index contributed by atoms with van der Waals surface area (Å²) in [4.78, 5) is 11.1. The lowest BCUT2D eigenvalue weighted by Crippen LogP contribution is -2.77. The number of amides is 1. The van der Waals surface area contributed by atoms with E-state index < -0.39 is 0 Å². The quantitative estimate of drug-likeness (QED) is 0.701. The zero-order valence-electron chi connectivity index (χ0n) is 10.3. The molecule has 0 aromatic heterocycles. The molecule has 3 aliphatic rings. The lowest BCUT2D eigenvalue weighted by atomic mass is 10.0. The van der Waals surface area contributed by atoms with Gasteiger partial charge in [0.05, 0.1) is 6.04 Å². The summed E-state index contributed by atoms with van der Waals surface area (Å²) in [7, 11) is 0. The fourth-order valence-electron chi connectivity index (χ4n) is 3.25. The average molecular weight is 250 g/mol. The zero-order valence-corrected chi connectivity index (χ0v) is 11.1. The van der Waals surface area contributed by atoms with Crippen LogP contribution >= 0.6 is 12.4 Å². The molecule has 3 heterocycles. The molecule has 94 valence electrons. The van der Waals surface area contributed by atoms with Crippen molar-refractivity contribution < 1.29 is 13.8 Å². The molecule has 16 heavy (non-hydrogen) atoms. The van der Waals surface area contributed by atoms with Crippen LogP contribution in [0, 0.1) is 0 Å². The van der Waals surface area contributed by atoms with Crippen LogP contribution in [0.25, 0.3) is 0 Å². The molecule has 0 saturated carbocycles. The van der Waals surface area contributed by atoms with Gasteiger partial charge in [-0.05, 0) is 13.8 Å². The van der Waals surface area contributed by atoms with Crippen molar-refractivity contribution in [2.45, 2.75) is 19.9 Å². The Morgan fingerprint density at radius 3 is 1.88 bits per heavy atom. The summed E-state index contributed by atoms with van der Waals surface area (Å²) in [6, 6.07) is 0.723. The van der Waals surface area contributed by atoms with Crippen LogP contribution in [-0.2, 0) is 4.79 Å². The average Bonchev–Trinajstić information content (AvgIpc) is 2.18. The highest BCUT2D eigenvalue weighted by molar-refractivity contribution is 5.85. The summed E-state index contributed by atoms with van der Waals surface area (Å²) in [6.45, 7) is 12.3. The lowest BCUT2D eigenvalue weighted by Gasteiger charge is -2.56. The van der Waals surface area contributed by atoms with E-state index in [1.807, 2.05) is 0 Å². The predicted molar refractivity (Wildman–Crippen MR) is 66.2 cm³/mol. The first-order valence-corrected chi connectivity index (χ1v) is 5.97. The number of quaternary nitrogens is 2. The Hall–Kier alpha value is -0.320. The van der Waals surface area contributed by atoms with Crippen molar-refractivity contribution in [2.75, 3.05) is 45.8 Å². The number of carbonyl (C=O) groups is 1. The van der Waals surface area contributed by atoms with Crippen molar-refractivity contribution in [2.24, 2.45) is 5.73 Å². The Kier molecular flexibility index (Phi) is 3.87. The standard InChI is InChI=1S/C11H22N3O.ClH/c1-10(2)14-6-3-13(4-7-14,5-8-14)9-11(12)15;/h10H,3-9H2,1-2H3,(H-,12,15);1H/q+1;/p+1. The summed E-state index contributed by atoms with van der Waals surface area (Å²) in [5.74, 6) is -0.138. The van der Waals surface area contributed by atoms with Gasteiger partial charge < -0.3 is 14.7 Å². The molecular weight excluding hydrogens is 226 g/mol. The van der Waals surface area contributed by atoms with Crippen LogP contribution in [0.15, 0.2) is 0 Å². The van der Waals surface area contributed by atoms with Crippen LogP contribution in [0.3, 0.4) is 0 Å². The smallest absolute Gasteiger partial charge is 0.272 e. The summed E-state index contributed by atoms with van der Waals surface area (Å²) in [5, 5.41) is 0. The van der Waals surface area contributed by atoms with Crippen molar-refractivity contribution in [3.05, 3.63) is 0 Å². The molecule has 1 amide bonds. The number of carbonyl (C=O) groups excluding carboxylic acids is 1. The Balaban J connectivity index is 0.00000128. The Labute approximate surface area is 104 Å². The number of halogens is 1. The number of primary amides is 1. The van der Waals surface area contributed by atoms with Crippen LogP contribution in [-0.4, -0.2) is 66.7 Å². The molecule has 0 atom stereocenters. The highest BCUT2D eigenvalue weighted by Crippen LogP contribution is 2.28. The molecule has 3 fully saturated rings. The monoisotopic (exact) mass is 249 g/mol. The second-order valence-corrected chi connectivity index (χ2v) is 5.62. The number of hydrogen-bond acceptors (Lipinski definition) is 1. The molecule has 4 nitrogen and oxygen atoms in total. The van der Waals surface area contributed by atoms with Crippen LogP contribution < -0.4 is 5.73 Å². The van der Waals surface area contributed by atoms with Gasteiger partial charge in [-0.1, -0.05) is 0 Å². The zero-order chi connectivity index (χ0) is 11.1. The molecule has 2 N–H and O–H groups in total. The minimum atomic E-state index is -0.138. The molecule has 0 radical (unpaired) electrons. The second-order valence-electron chi connectivity index (χ2n) is 5.62. The molecule has 0 aromatic rings. The first-order chi connectivity index (χ1) is 6.98. The minimum Gasteiger partial charge on any atom is -0.365 e. The van der Waals surface area contributed by atoms with E-state index in [9.17, 15) is 4.79 Å². The second kappa shape index (κ2) is 4.51. The summed E-state index contributed by atoms with van der Waals surface area (Å²) in [5.41, 5.74) is 5.33. The third-order valence-corrected chi connectivity index (χ3v) is 4.65. The van der Waals surface area contributed by atoms with Crippen LogP contribution in [0.2, 0.25) is 0 Å². The van der Waals surface area contributed by atoms with E-state index in [0.717, 1.165) is 30.2 Å². The largest absolute Gasteiger partial charge is 0.365 e. The number of nitrogens with zero attached hydrogens (tertiary/aromatic N) is 2. The Morgan fingerprint density at radius 2 is 1.56 bits per heavy atom. The molecule has 0 aromatic carbocycles. The van der Waals surface area contributed by atoms with Crippen molar-refractivity contribution in [3.63, 3.8) is 0 Å². The number of fused-ring (bicyclic) bond motifs is 3. The van der Waals surface area contributed by atoms with Gasteiger partial charge in [-0.3, -0.25) is 4.79 Å². The van der Waals surface area contributed by atoms with E-state index in [1.165, 1.54) is 24.1 Å². The maximum Gasteiger partial charge on any atom is 0.272 e. The van der Waals surface area contributed by atoms with Crippen molar-refractivity contribution in [1.29, 1.82) is 0 Å². The van der Waals surface area contributed by atoms with Gasteiger partial charge in [0.25, 0.3) is 5.91 Å².